The summed E-state index contributed by atoms with van der Waals surface area (Å²) in [7, 11) is -3.96. The van der Waals surface area contributed by atoms with Gasteiger partial charge in [0.25, 0.3) is 10.0 Å². The summed E-state index contributed by atoms with van der Waals surface area (Å²) in [6, 6.07) is 20.5. The lowest BCUT2D eigenvalue weighted by atomic mass is 10.1. The molecule has 0 radical (unpaired) electrons. The van der Waals surface area contributed by atoms with Crippen LogP contribution < -0.4 is 9.62 Å². The van der Waals surface area contributed by atoms with Crippen molar-refractivity contribution in [2.24, 2.45) is 0 Å². The zero-order chi connectivity index (χ0) is 23.1. The molecule has 0 aromatic heterocycles. The molecule has 0 saturated heterocycles. The van der Waals surface area contributed by atoms with Crippen LogP contribution in [0.1, 0.15) is 17.5 Å². The van der Waals surface area contributed by atoms with Crippen LogP contribution in [0.15, 0.2) is 77.7 Å². The van der Waals surface area contributed by atoms with Crippen molar-refractivity contribution in [3.63, 3.8) is 0 Å². The van der Waals surface area contributed by atoms with E-state index < -0.39 is 15.9 Å². The van der Waals surface area contributed by atoms with E-state index in [-0.39, 0.29) is 11.4 Å². The first-order chi connectivity index (χ1) is 15.3. The molecule has 1 amide bonds. The molecule has 0 bridgehead atoms. The monoisotopic (exact) mass is 490 g/mol. The molecule has 0 spiro atoms. The Hall–Kier alpha value is -2.54. The maximum atomic E-state index is 13.3. The minimum Gasteiger partial charge on any atom is -0.355 e. The highest BCUT2D eigenvalue weighted by Crippen LogP contribution is 2.27. The predicted molar refractivity (Wildman–Crippen MR) is 130 cm³/mol. The first-order valence-corrected chi connectivity index (χ1v) is 12.3. The topological polar surface area (TPSA) is 66.5 Å². The summed E-state index contributed by atoms with van der Waals surface area (Å²) >= 11 is 12.1. The molecule has 0 saturated carbocycles. The number of aryl methyl sites for hydroxylation is 2. The van der Waals surface area contributed by atoms with Gasteiger partial charge in [-0.05, 0) is 67.3 Å². The zero-order valence-electron chi connectivity index (χ0n) is 17.6. The van der Waals surface area contributed by atoms with Gasteiger partial charge >= 0.3 is 0 Å². The molecule has 32 heavy (non-hydrogen) atoms. The van der Waals surface area contributed by atoms with Gasteiger partial charge in [-0.15, -0.1) is 0 Å². The highest BCUT2D eigenvalue weighted by Gasteiger charge is 2.27. The van der Waals surface area contributed by atoms with Crippen LogP contribution in [0.2, 0.25) is 10.0 Å². The highest BCUT2D eigenvalue weighted by atomic mass is 35.5. The molecular weight excluding hydrogens is 467 g/mol. The smallest absolute Gasteiger partial charge is 0.264 e. The third-order valence-corrected chi connectivity index (χ3v) is 7.39. The van der Waals surface area contributed by atoms with Crippen molar-refractivity contribution in [1.82, 2.24) is 5.32 Å². The fraction of sp³-hybridized carbons (Fsp3) is 0.208. The second-order valence-corrected chi connectivity index (χ2v) is 10.0. The van der Waals surface area contributed by atoms with Gasteiger partial charge in [0, 0.05) is 16.6 Å². The van der Waals surface area contributed by atoms with E-state index in [1.807, 2.05) is 31.2 Å². The van der Waals surface area contributed by atoms with Crippen LogP contribution in [-0.2, 0) is 21.2 Å². The van der Waals surface area contributed by atoms with Gasteiger partial charge in [-0.3, -0.25) is 9.10 Å². The Labute approximate surface area is 199 Å². The Morgan fingerprint density at radius 2 is 1.66 bits per heavy atom. The lowest BCUT2D eigenvalue weighted by Gasteiger charge is -2.24. The number of carbonyl (C=O) groups excluding carboxylic acids is 1. The summed E-state index contributed by atoms with van der Waals surface area (Å²) < 4.78 is 27.7. The van der Waals surface area contributed by atoms with Crippen LogP contribution in [0, 0.1) is 6.92 Å². The van der Waals surface area contributed by atoms with E-state index >= 15 is 0 Å². The van der Waals surface area contributed by atoms with Gasteiger partial charge in [-0.25, -0.2) is 8.42 Å². The van der Waals surface area contributed by atoms with Crippen molar-refractivity contribution >= 4 is 44.8 Å². The van der Waals surface area contributed by atoms with Crippen LogP contribution >= 0.6 is 23.2 Å². The first-order valence-electron chi connectivity index (χ1n) is 10.1. The molecule has 0 atom stereocenters. The number of carbonyl (C=O) groups is 1. The largest absolute Gasteiger partial charge is 0.355 e. The van der Waals surface area contributed by atoms with Gasteiger partial charge < -0.3 is 5.32 Å². The number of rotatable bonds is 9. The number of anilines is 1. The molecule has 3 aromatic rings. The van der Waals surface area contributed by atoms with Gasteiger partial charge in [0.2, 0.25) is 5.91 Å². The summed E-state index contributed by atoms with van der Waals surface area (Å²) in [5, 5.41) is 3.92. The summed E-state index contributed by atoms with van der Waals surface area (Å²) in [4.78, 5) is 12.7. The van der Waals surface area contributed by atoms with Crippen molar-refractivity contribution < 1.29 is 13.2 Å². The predicted octanol–water partition coefficient (Wildman–Crippen LogP) is 5.25. The van der Waals surface area contributed by atoms with Crippen molar-refractivity contribution in [3.8, 4) is 0 Å². The number of sulfonamides is 1. The number of nitrogens with one attached hydrogen (secondary N) is 1. The summed E-state index contributed by atoms with van der Waals surface area (Å²) in [5.41, 5.74) is 2.27. The molecule has 168 valence electrons. The zero-order valence-corrected chi connectivity index (χ0v) is 19.9. The Kier molecular flexibility index (Phi) is 8.18. The maximum Gasteiger partial charge on any atom is 0.264 e. The van der Waals surface area contributed by atoms with Gasteiger partial charge in [0.15, 0.2) is 0 Å². The molecule has 1 N–H and O–H groups in total. The van der Waals surface area contributed by atoms with E-state index in [1.54, 1.807) is 36.4 Å². The molecule has 5 nitrogen and oxygen atoms in total. The average molecular weight is 491 g/mol. The minimum atomic E-state index is -3.96. The fourth-order valence-corrected chi connectivity index (χ4v) is 4.86. The van der Waals surface area contributed by atoms with Crippen LogP contribution in [0.5, 0.6) is 0 Å². The van der Waals surface area contributed by atoms with E-state index in [2.05, 4.69) is 5.32 Å². The molecule has 0 aliphatic heterocycles. The third kappa shape index (κ3) is 6.25. The molecule has 0 heterocycles. The molecule has 8 heteroatoms. The highest BCUT2D eigenvalue weighted by molar-refractivity contribution is 7.92. The average Bonchev–Trinajstić information content (AvgIpc) is 2.79. The van der Waals surface area contributed by atoms with E-state index in [0.29, 0.717) is 22.3 Å². The van der Waals surface area contributed by atoms with E-state index in [9.17, 15) is 13.2 Å². The van der Waals surface area contributed by atoms with Gasteiger partial charge in [-0.1, -0.05) is 59.6 Å². The number of hydrogen-bond acceptors (Lipinski definition) is 3. The van der Waals surface area contributed by atoms with Crippen LogP contribution in [0.25, 0.3) is 0 Å². The Balaban J connectivity index is 1.71. The van der Waals surface area contributed by atoms with Crippen LogP contribution in [0.3, 0.4) is 0 Å². The summed E-state index contributed by atoms with van der Waals surface area (Å²) in [6.07, 6.45) is 1.49. The Morgan fingerprint density at radius 1 is 0.969 bits per heavy atom. The second kappa shape index (κ2) is 10.9. The Morgan fingerprint density at radius 3 is 2.31 bits per heavy atom. The number of nitrogens with zero attached hydrogens (tertiary/aromatic N) is 1. The first kappa shape index (κ1) is 24.1. The molecule has 0 aliphatic rings. The van der Waals surface area contributed by atoms with E-state index in [1.165, 1.54) is 12.1 Å². The lowest BCUT2D eigenvalue weighted by Crippen LogP contribution is -2.41. The lowest BCUT2D eigenvalue weighted by molar-refractivity contribution is -0.119. The van der Waals surface area contributed by atoms with Crippen molar-refractivity contribution in [1.29, 1.82) is 0 Å². The van der Waals surface area contributed by atoms with Gasteiger partial charge in [-0.2, -0.15) is 0 Å². The van der Waals surface area contributed by atoms with Crippen molar-refractivity contribution in [2.75, 3.05) is 17.4 Å². The quantitative estimate of drug-likeness (QED) is 0.416. The molecule has 3 rings (SSSR count). The van der Waals surface area contributed by atoms with E-state index in [4.69, 9.17) is 23.2 Å². The second-order valence-electron chi connectivity index (χ2n) is 7.34. The standard InChI is InChI=1S/C24H24Cl2N2O3S/c1-18-9-14-21(16-23(18)26)28(32(30,31)22-7-3-2-4-8-22)17-24(29)27-15-5-6-19-10-12-20(25)13-11-19/h2-4,7-14,16H,5-6,15,17H2,1H3,(H,27,29). The maximum absolute atomic E-state index is 13.3. The van der Waals surface area contributed by atoms with Crippen LogP contribution in [0.4, 0.5) is 5.69 Å². The van der Waals surface area contributed by atoms with Gasteiger partial charge in [0.1, 0.15) is 6.54 Å². The van der Waals surface area contributed by atoms with Crippen LogP contribution in [-0.4, -0.2) is 27.4 Å². The normalized spacial score (nSPS) is 11.2. The molecular formula is C24H24Cl2N2O3S. The summed E-state index contributed by atoms with van der Waals surface area (Å²) in [5.74, 6) is -0.391. The molecule has 0 fully saturated rings. The molecule has 0 aliphatic carbocycles. The third-order valence-electron chi connectivity index (χ3n) is 4.94. The van der Waals surface area contributed by atoms with Crippen molar-refractivity contribution in [2.45, 2.75) is 24.7 Å². The summed E-state index contributed by atoms with van der Waals surface area (Å²) in [6.45, 7) is 1.91. The number of amides is 1. The fourth-order valence-electron chi connectivity index (χ4n) is 3.13. The SMILES string of the molecule is Cc1ccc(N(CC(=O)NCCCc2ccc(Cl)cc2)S(=O)(=O)c2ccccc2)cc1Cl. The minimum absolute atomic E-state index is 0.104. The number of benzene rings is 3. The van der Waals surface area contributed by atoms with Crippen molar-refractivity contribution in [3.05, 3.63) is 94.0 Å². The van der Waals surface area contributed by atoms with Gasteiger partial charge in [0.05, 0.1) is 10.6 Å². The molecule has 0 unspecified atom stereocenters. The molecule has 3 aromatic carbocycles. The Bertz CT molecular complexity index is 1170. The van der Waals surface area contributed by atoms with E-state index in [0.717, 1.165) is 28.3 Å². The number of hydrogen-bond donors (Lipinski definition) is 1. The number of halogens is 2.